The van der Waals surface area contributed by atoms with Crippen LogP contribution < -0.4 is 15.8 Å². The van der Waals surface area contributed by atoms with E-state index >= 15 is 0 Å². The Morgan fingerprint density at radius 1 is 1.04 bits per heavy atom. The van der Waals surface area contributed by atoms with E-state index in [-0.39, 0.29) is 18.4 Å². The number of halogens is 1. The Morgan fingerprint density at radius 3 is 2.62 bits per heavy atom. The first-order valence-corrected chi connectivity index (χ1v) is 8.89. The zero-order valence-electron chi connectivity index (χ0n) is 13.1. The molecule has 2 aromatic carbocycles. The van der Waals surface area contributed by atoms with Gasteiger partial charge in [-0.3, -0.25) is 20.4 Å². The zero-order chi connectivity index (χ0) is 16.9. The van der Waals surface area contributed by atoms with Gasteiger partial charge in [-0.2, -0.15) is 0 Å². The van der Waals surface area contributed by atoms with Crippen molar-refractivity contribution in [1.29, 1.82) is 0 Å². The Kier molecular flexibility index (Phi) is 5.34. The zero-order valence-corrected chi connectivity index (χ0v) is 15.2. The van der Waals surface area contributed by atoms with E-state index < -0.39 is 0 Å². The summed E-state index contributed by atoms with van der Waals surface area (Å²) in [5.41, 5.74) is 7.89. The fraction of sp³-hybridized carbons (Fsp3) is 0.222. The number of hydrogen-bond donors (Lipinski definition) is 2. The monoisotopic (exact) mass is 435 g/mol. The molecule has 2 N–H and O–H groups in total. The minimum atomic E-state index is -0.313. The maximum atomic E-state index is 12.2. The molecule has 0 aliphatic carbocycles. The van der Waals surface area contributed by atoms with Gasteiger partial charge in [0.1, 0.15) is 0 Å². The lowest BCUT2D eigenvalue weighted by molar-refractivity contribution is -0.120. The van der Waals surface area contributed by atoms with Crippen molar-refractivity contribution >= 4 is 40.1 Å². The van der Waals surface area contributed by atoms with Gasteiger partial charge >= 0.3 is 0 Å². The first-order valence-electron chi connectivity index (χ1n) is 7.82. The number of amides is 2. The molecule has 0 bridgehead atoms. The highest BCUT2D eigenvalue weighted by atomic mass is 127. The number of nitrogens with zero attached hydrogens (tertiary/aromatic N) is 1. The first-order chi connectivity index (χ1) is 11.6. The molecule has 3 rings (SSSR count). The summed E-state index contributed by atoms with van der Waals surface area (Å²) in [7, 11) is 0. The van der Waals surface area contributed by atoms with Crippen molar-refractivity contribution in [2.24, 2.45) is 0 Å². The number of para-hydroxylation sites is 1. The summed E-state index contributed by atoms with van der Waals surface area (Å²) in [6.07, 6.45) is 2.07. The Bertz CT molecular complexity index is 763. The molecule has 0 unspecified atom stereocenters. The number of fused-ring (bicyclic) bond motifs is 1. The van der Waals surface area contributed by atoms with Gasteiger partial charge in [0.15, 0.2) is 0 Å². The molecule has 1 aliphatic heterocycles. The third-order valence-electron chi connectivity index (χ3n) is 3.97. The molecule has 24 heavy (non-hydrogen) atoms. The summed E-state index contributed by atoms with van der Waals surface area (Å²) in [5, 5.41) is 0. The summed E-state index contributed by atoms with van der Waals surface area (Å²) in [5.74, 6) is -0.543. The number of hydrazine groups is 1. The van der Waals surface area contributed by atoms with Crippen LogP contribution in [0.4, 0.5) is 5.69 Å². The normalized spacial score (nSPS) is 13.1. The van der Waals surface area contributed by atoms with E-state index in [4.69, 9.17) is 0 Å². The number of carbonyl (C=O) groups is 2. The topological polar surface area (TPSA) is 61.4 Å². The van der Waals surface area contributed by atoms with Gasteiger partial charge in [0.2, 0.25) is 0 Å². The van der Waals surface area contributed by atoms with Gasteiger partial charge in [0.05, 0.1) is 12.1 Å². The summed E-state index contributed by atoms with van der Waals surface area (Å²) >= 11 is 2.10. The first kappa shape index (κ1) is 16.8. The summed E-state index contributed by atoms with van der Waals surface area (Å²) < 4.78 is 0.840. The van der Waals surface area contributed by atoms with Gasteiger partial charge in [-0.1, -0.05) is 30.3 Å². The van der Waals surface area contributed by atoms with Crippen molar-refractivity contribution in [2.75, 3.05) is 18.0 Å². The lowest BCUT2D eigenvalue weighted by Crippen LogP contribution is -2.47. The van der Waals surface area contributed by atoms with Gasteiger partial charge in [-0.05, 0) is 59.2 Å². The van der Waals surface area contributed by atoms with Gasteiger partial charge in [-0.15, -0.1) is 0 Å². The standard InChI is InChI=1S/C18H18IN3O2/c19-15-9-3-2-8-14(15)18(24)21-20-17(23)12-22-11-5-7-13-6-1-4-10-16(13)22/h1-4,6,8-10H,5,7,11-12H2,(H,20,23)(H,21,24). The van der Waals surface area contributed by atoms with Gasteiger partial charge in [0.25, 0.3) is 11.8 Å². The van der Waals surface area contributed by atoms with Gasteiger partial charge in [-0.25, -0.2) is 0 Å². The number of benzene rings is 2. The Morgan fingerprint density at radius 2 is 1.79 bits per heavy atom. The second-order valence-electron chi connectivity index (χ2n) is 5.64. The fourth-order valence-corrected chi connectivity index (χ4v) is 3.46. The molecule has 0 saturated heterocycles. The summed E-state index contributed by atoms with van der Waals surface area (Å²) in [6.45, 7) is 1.07. The molecule has 2 amide bonds. The van der Waals surface area contributed by atoms with Crippen LogP contribution in [0.3, 0.4) is 0 Å². The van der Waals surface area contributed by atoms with Crippen LogP contribution in [0.1, 0.15) is 22.3 Å². The van der Waals surface area contributed by atoms with E-state index in [0.717, 1.165) is 28.6 Å². The van der Waals surface area contributed by atoms with Crippen molar-refractivity contribution in [2.45, 2.75) is 12.8 Å². The second-order valence-corrected chi connectivity index (χ2v) is 6.80. The van der Waals surface area contributed by atoms with Crippen molar-refractivity contribution < 1.29 is 9.59 Å². The number of nitrogens with one attached hydrogen (secondary N) is 2. The second kappa shape index (κ2) is 7.65. The van der Waals surface area contributed by atoms with Gasteiger partial charge in [0, 0.05) is 15.8 Å². The lowest BCUT2D eigenvalue weighted by atomic mass is 10.0. The maximum absolute atomic E-state index is 12.2. The Balaban J connectivity index is 1.57. The van der Waals surface area contributed by atoms with Gasteiger partial charge < -0.3 is 4.90 Å². The molecule has 0 atom stereocenters. The molecule has 124 valence electrons. The van der Waals surface area contributed by atoms with Crippen LogP contribution in [0.25, 0.3) is 0 Å². The molecule has 0 saturated carbocycles. The summed E-state index contributed by atoms with van der Waals surface area (Å²) in [6, 6.07) is 15.4. The number of anilines is 1. The quantitative estimate of drug-likeness (QED) is 0.576. The Labute approximate surface area is 154 Å². The molecule has 0 spiro atoms. The predicted octanol–water partition coefficient (Wildman–Crippen LogP) is 2.51. The minimum absolute atomic E-state index is 0.225. The summed E-state index contributed by atoms with van der Waals surface area (Å²) in [4.78, 5) is 26.3. The van der Waals surface area contributed by atoms with E-state index in [1.54, 1.807) is 12.1 Å². The van der Waals surface area contributed by atoms with E-state index in [1.165, 1.54) is 5.56 Å². The maximum Gasteiger partial charge on any atom is 0.270 e. The Hall–Kier alpha value is -2.09. The highest BCUT2D eigenvalue weighted by molar-refractivity contribution is 14.1. The smallest absolute Gasteiger partial charge is 0.270 e. The third kappa shape index (κ3) is 3.87. The number of carbonyl (C=O) groups excluding carboxylic acids is 2. The average Bonchev–Trinajstić information content (AvgIpc) is 2.60. The average molecular weight is 435 g/mol. The molecule has 0 fully saturated rings. The highest BCUT2D eigenvalue weighted by Gasteiger charge is 2.19. The van der Waals surface area contributed by atoms with E-state index in [2.05, 4.69) is 39.5 Å². The van der Waals surface area contributed by atoms with Crippen molar-refractivity contribution in [3.63, 3.8) is 0 Å². The predicted molar refractivity (Wildman–Crippen MR) is 102 cm³/mol. The van der Waals surface area contributed by atoms with Crippen LogP contribution in [0, 0.1) is 3.57 Å². The van der Waals surface area contributed by atoms with Crippen LogP contribution >= 0.6 is 22.6 Å². The number of rotatable bonds is 3. The number of hydrogen-bond acceptors (Lipinski definition) is 3. The lowest BCUT2D eigenvalue weighted by Gasteiger charge is -2.30. The molecule has 1 aliphatic rings. The van der Waals surface area contributed by atoms with Crippen molar-refractivity contribution in [3.8, 4) is 0 Å². The van der Waals surface area contributed by atoms with Crippen LogP contribution in [-0.2, 0) is 11.2 Å². The minimum Gasteiger partial charge on any atom is -0.362 e. The number of aryl methyl sites for hydroxylation is 1. The fourth-order valence-electron chi connectivity index (χ4n) is 2.83. The van der Waals surface area contributed by atoms with Crippen LogP contribution in [0.5, 0.6) is 0 Å². The van der Waals surface area contributed by atoms with E-state index in [1.807, 2.05) is 35.2 Å². The largest absolute Gasteiger partial charge is 0.362 e. The molecule has 2 aromatic rings. The molecule has 0 aromatic heterocycles. The molecule has 5 nitrogen and oxygen atoms in total. The SMILES string of the molecule is O=C(CN1CCCc2ccccc21)NNC(=O)c1ccccc1I. The van der Waals surface area contributed by atoms with Crippen LogP contribution in [-0.4, -0.2) is 24.9 Å². The van der Waals surface area contributed by atoms with Crippen molar-refractivity contribution in [1.82, 2.24) is 10.9 Å². The van der Waals surface area contributed by atoms with Crippen LogP contribution in [0.2, 0.25) is 0 Å². The van der Waals surface area contributed by atoms with Crippen LogP contribution in [0.15, 0.2) is 48.5 Å². The molecule has 6 heteroatoms. The molecular weight excluding hydrogens is 417 g/mol. The molecule has 1 heterocycles. The third-order valence-corrected chi connectivity index (χ3v) is 4.92. The van der Waals surface area contributed by atoms with Crippen molar-refractivity contribution in [3.05, 3.63) is 63.2 Å². The molecule has 0 radical (unpaired) electrons. The highest BCUT2D eigenvalue weighted by Crippen LogP contribution is 2.26. The van der Waals surface area contributed by atoms with E-state index in [9.17, 15) is 9.59 Å². The molecular formula is C18H18IN3O2. The van der Waals surface area contributed by atoms with E-state index in [0.29, 0.717) is 5.56 Å².